The van der Waals surface area contributed by atoms with Crippen LogP contribution in [0.3, 0.4) is 0 Å². The molecule has 6 heteroatoms. The Bertz CT molecular complexity index is 420. The van der Waals surface area contributed by atoms with Gasteiger partial charge in [-0.2, -0.15) is 5.10 Å². The molecule has 0 saturated heterocycles. The summed E-state index contributed by atoms with van der Waals surface area (Å²) < 4.78 is 0. The Labute approximate surface area is 96.1 Å². The molecular formula is C9H7ClN4S. The molecule has 2 rings (SSSR count). The lowest BCUT2D eigenvalue weighted by Gasteiger charge is -1.98. The van der Waals surface area contributed by atoms with Crippen molar-refractivity contribution in [2.75, 3.05) is 0 Å². The molecule has 0 aliphatic rings. The quantitative estimate of drug-likeness (QED) is 0.606. The molecule has 0 aromatic carbocycles. The van der Waals surface area contributed by atoms with Gasteiger partial charge < -0.3 is 0 Å². The first-order valence-electron chi connectivity index (χ1n) is 4.22. The molecule has 0 N–H and O–H groups in total. The molecule has 0 aliphatic carbocycles. The van der Waals surface area contributed by atoms with Crippen LogP contribution in [0.25, 0.3) is 0 Å². The Morgan fingerprint density at radius 2 is 1.93 bits per heavy atom. The zero-order chi connectivity index (χ0) is 10.5. The van der Waals surface area contributed by atoms with Crippen molar-refractivity contribution in [3.05, 3.63) is 41.4 Å². The minimum Gasteiger partial charge on any atom is -0.231 e. The van der Waals surface area contributed by atoms with Crippen LogP contribution in [-0.2, 0) is 5.75 Å². The van der Waals surface area contributed by atoms with E-state index in [1.807, 2.05) is 6.07 Å². The highest BCUT2D eigenvalue weighted by Gasteiger charge is 1.99. The maximum Gasteiger partial charge on any atom is 0.187 e. The summed E-state index contributed by atoms with van der Waals surface area (Å²) in [4.78, 5) is 8.18. The molecule has 0 fully saturated rings. The number of halogens is 1. The zero-order valence-electron chi connectivity index (χ0n) is 7.67. The molecule has 0 saturated carbocycles. The van der Waals surface area contributed by atoms with Crippen molar-refractivity contribution < 1.29 is 0 Å². The summed E-state index contributed by atoms with van der Waals surface area (Å²) in [5.74, 6) is 0.689. The topological polar surface area (TPSA) is 51.6 Å². The van der Waals surface area contributed by atoms with Crippen molar-refractivity contribution in [1.82, 2.24) is 20.2 Å². The third-order valence-corrected chi connectivity index (χ3v) is 2.69. The van der Waals surface area contributed by atoms with E-state index in [4.69, 9.17) is 11.6 Å². The van der Waals surface area contributed by atoms with Crippen molar-refractivity contribution in [3.8, 4) is 0 Å². The van der Waals surface area contributed by atoms with Gasteiger partial charge in [0, 0.05) is 18.1 Å². The summed E-state index contributed by atoms with van der Waals surface area (Å²) in [5, 5.41) is 8.82. The van der Waals surface area contributed by atoms with Crippen LogP contribution in [0.2, 0.25) is 5.15 Å². The van der Waals surface area contributed by atoms with Gasteiger partial charge in [-0.1, -0.05) is 23.4 Å². The highest BCUT2D eigenvalue weighted by atomic mass is 35.5. The van der Waals surface area contributed by atoms with E-state index in [0.717, 1.165) is 10.9 Å². The molecule has 0 bridgehead atoms. The van der Waals surface area contributed by atoms with Crippen LogP contribution in [0.5, 0.6) is 0 Å². The van der Waals surface area contributed by atoms with E-state index in [1.54, 1.807) is 24.5 Å². The number of hydrogen-bond acceptors (Lipinski definition) is 5. The van der Waals surface area contributed by atoms with Crippen LogP contribution in [-0.4, -0.2) is 20.2 Å². The second-order valence-electron chi connectivity index (χ2n) is 2.67. The molecule has 2 heterocycles. The van der Waals surface area contributed by atoms with E-state index in [-0.39, 0.29) is 0 Å². The number of thioether (sulfide) groups is 1. The van der Waals surface area contributed by atoms with Gasteiger partial charge in [0.05, 0.1) is 5.69 Å². The van der Waals surface area contributed by atoms with E-state index in [9.17, 15) is 0 Å². The summed E-state index contributed by atoms with van der Waals surface area (Å²) in [5.41, 5.74) is 0.858. The van der Waals surface area contributed by atoms with E-state index < -0.39 is 0 Å². The van der Waals surface area contributed by atoms with E-state index >= 15 is 0 Å². The first-order chi connectivity index (χ1) is 7.34. The van der Waals surface area contributed by atoms with Crippen LogP contribution in [0.15, 0.2) is 35.7 Å². The minimum absolute atomic E-state index is 0.403. The van der Waals surface area contributed by atoms with Gasteiger partial charge in [0.1, 0.15) is 0 Å². The summed E-state index contributed by atoms with van der Waals surface area (Å²) in [6, 6.07) is 5.34. The summed E-state index contributed by atoms with van der Waals surface area (Å²) in [7, 11) is 0. The van der Waals surface area contributed by atoms with Crippen LogP contribution in [0.4, 0.5) is 0 Å². The van der Waals surface area contributed by atoms with Gasteiger partial charge in [0.2, 0.25) is 0 Å². The lowest BCUT2D eigenvalue weighted by atomic mass is 10.4. The number of rotatable bonds is 3. The molecule has 0 atom stereocenters. The third-order valence-electron chi connectivity index (χ3n) is 1.58. The highest BCUT2D eigenvalue weighted by molar-refractivity contribution is 7.98. The summed E-state index contributed by atoms with van der Waals surface area (Å²) >= 11 is 7.14. The fraction of sp³-hybridized carbons (Fsp3) is 0.111. The largest absolute Gasteiger partial charge is 0.231 e. The van der Waals surface area contributed by atoms with E-state index in [2.05, 4.69) is 20.2 Å². The lowest BCUT2D eigenvalue weighted by molar-refractivity contribution is 0.949. The number of aromatic nitrogens is 4. The van der Waals surface area contributed by atoms with Gasteiger partial charge in [-0.3, -0.25) is 0 Å². The molecule has 0 unspecified atom stereocenters. The number of hydrogen-bond donors (Lipinski definition) is 0. The maximum atomic E-state index is 5.62. The maximum absolute atomic E-state index is 5.62. The molecule has 76 valence electrons. The van der Waals surface area contributed by atoms with Crippen molar-refractivity contribution in [3.63, 3.8) is 0 Å². The Morgan fingerprint density at radius 3 is 2.60 bits per heavy atom. The minimum atomic E-state index is 0.403. The predicted molar refractivity (Wildman–Crippen MR) is 58.6 cm³/mol. The molecule has 2 aromatic rings. The highest BCUT2D eigenvalue weighted by Crippen LogP contribution is 2.16. The second kappa shape index (κ2) is 5.04. The van der Waals surface area contributed by atoms with E-state index in [1.165, 1.54) is 11.8 Å². The smallest absolute Gasteiger partial charge is 0.187 e. The molecule has 15 heavy (non-hydrogen) atoms. The van der Waals surface area contributed by atoms with E-state index in [0.29, 0.717) is 10.9 Å². The average molecular weight is 239 g/mol. The van der Waals surface area contributed by atoms with Gasteiger partial charge >= 0.3 is 0 Å². The molecule has 4 nitrogen and oxygen atoms in total. The number of nitrogens with zero attached hydrogens (tertiary/aromatic N) is 4. The Morgan fingerprint density at radius 1 is 1.13 bits per heavy atom. The van der Waals surface area contributed by atoms with Gasteiger partial charge in [-0.25, -0.2) is 9.97 Å². The van der Waals surface area contributed by atoms with Crippen LogP contribution < -0.4 is 0 Å². The molecule has 0 radical (unpaired) electrons. The molecule has 2 aromatic heterocycles. The second-order valence-corrected chi connectivity index (χ2v) is 4.00. The Balaban J connectivity index is 1.96. The van der Waals surface area contributed by atoms with Crippen molar-refractivity contribution in [1.29, 1.82) is 0 Å². The predicted octanol–water partition coefficient (Wildman–Crippen LogP) is 2.21. The van der Waals surface area contributed by atoms with Gasteiger partial charge in [0.15, 0.2) is 10.3 Å². The Kier molecular flexibility index (Phi) is 3.47. The molecule has 0 spiro atoms. The monoisotopic (exact) mass is 238 g/mol. The van der Waals surface area contributed by atoms with Crippen molar-refractivity contribution >= 4 is 23.4 Å². The fourth-order valence-corrected chi connectivity index (χ4v) is 1.72. The lowest BCUT2D eigenvalue weighted by Crippen LogP contribution is -1.91. The van der Waals surface area contributed by atoms with Crippen LogP contribution in [0.1, 0.15) is 5.69 Å². The van der Waals surface area contributed by atoms with Gasteiger partial charge in [-0.15, -0.1) is 5.10 Å². The molecule has 0 amide bonds. The molecular weight excluding hydrogens is 232 g/mol. The summed E-state index contributed by atoms with van der Waals surface area (Å²) in [6.07, 6.45) is 3.42. The van der Waals surface area contributed by atoms with Crippen LogP contribution >= 0.6 is 23.4 Å². The van der Waals surface area contributed by atoms with Gasteiger partial charge in [0.25, 0.3) is 0 Å². The van der Waals surface area contributed by atoms with Gasteiger partial charge in [-0.05, 0) is 18.2 Å². The standard InChI is InChI=1S/C9H7ClN4S/c10-8-3-2-7(13-14-8)6-15-9-11-4-1-5-12-9/h1-5H,6H2. The van der Waals surface area contributed by atoms with Crippen LogP contribution in [0, 0.1) is 0 Å². The fourth-order valence-electron chi connectivity index (χ4n) is 0.919. The normalized spacial score (nSPS) is 10.2. The zero-order valence-corrected chi connectivity index (χ0v) is 9.24. The SMILES string of the molecule is Clc1ccc(CSc2ncccn2)nn1. The molecule has 0 aliphatic heterocycles. The average Bonchev–Trinajstić information content (AvgIpc) is 2.30. The van der Waals surface area contributed by atoms with Crippen molar-refractivity contribution in [2.45, 2.75) is 10.9 Å². The van der Waals surface area contributed by atoms with Crippen molar-refractivity contribution in [2.24, 2.45) is 0 Å². The first-order valence-corrected chi connectivity index (χ1v) is 5.59. The third kappa shape index (κ3) is 3.14. The Hall–Kier alpha value is -1.20. The first kappa shape index (κ1) is 10.3. The summed E-state index contributed by atoms with van der Waals surface area (Å²) in [6.45, 7) is 0.